The van der Waals surface area contributed by atoms with E-state index in [1.165, 1.54) is 32.1 Å². The Kier molecular flexibility index (Phi) is 4.83. The number of carbonyl (C=O) groups excluding carboxylic acids is 1. The zero-order chi connectivity index (χ0) is 13.0. The molecule has 1 saturated carbocycles. The van der Waals surface area contributed by atoms with Crippen molar-refractivity contribution in [3.05, 3.63) is 0 Å². The van der Waals surface area contributed by atoms with Crippen LogP contribution in [0.3, 0.4) is 0 Å². The highest BCUT2D eigenvalue weighted by molar-refractivity contribution is 5.83. The van der Waals surface area contributed by atoms with Crippen LogP contribution in [0, 0.1) is 11.8 Å². The van der Waals surface area contributed by atoms with Gasteiger partial charge in [0.1, 0.15) is 5.78 Å². The van der Waals surface area contributed by atoms with E-state index in [0.29, 0.717) is 5.78 Å². The van der Waals surface area contributed by atoms with Gasteiger partial charge in [0, 0.05) is 18.4 Å². The second kappa shape index (κ2) is 6.18. The van der Waals surface area contributed by atoms with Crippen molar-refractivity contribution in [2.45, 2.75) is 77.2 Å². The summed E-state index contributed by atoms with van der Waals surface area (Å²) >= 11 is 0. The average molecular weight is 252 g/mol. The Morgan fingerprint density at radius 1 is 1.33 bits per heavy atom. The predicted molar refractivity (Wildman–Crippen MR) is 73.6 cm³/mol. The minimum Gasteiger partial charge on any atom is -0.375 e. The molecular weight excluding hydrogens is 224 g/mol. The highest BCUT2D eigenvalue weighted by Crippen LogP contribution is 2.41. The molecule has 0 amide bonds. The van der Waals surface area contributed by atoms with Crippen LogP contribution in [-0.4, -0.2) is 18.0 Å². The lowest BCUT2D eigenvalue weighted by Crippen LogP contribution is -2.44. The molecule has 2 unspecified atom stereocenters. The number of carbonyl (C=O) groups is 1. The van der Waals surface area contributed by atoms with Crippen molar-refractivity contribution in [2.75, 3.05) is 6.61 Å². The van der Waals surface area contributed by atoms with Gasteiger partial charge in [0.15, 0.2) is 0 Å². The second-order valence-electron chi connectivity index (χ2n) is 6.37. The first-order chi connectivity index (χ1) is 8.67. The van der Waals surface area contributed by atoms with Crippen LogP contribution in [0.5, 0.6) is 0 Å². The van der Waals surface area contributed by atoms with Crippen LogP contribution in [0.25, 0.3) is 0 Å². The largest absolute Gasteiger partial charge is 0.375 e. The topological polar surface area (TPSA) is 26.3 Å². The third kappa shape index (κ3) is 3.14. The van der Waals surface area contributed by atoms with Crippen LogP contribution in [0.2, 0.25) is 0 Å². The van der Waals surface area contributed by atoms with Gasteiger partial charge >= 0.3 is 0 Å². The fourth-order valence-corrected chi connectivity index (χ4v) is 3.79. The molecule has 1 aliphatic carbocycles. The van der Waals surface area contributed by atoms with Crippen LogP contribution >= 0.6 is 0 Å². The number of ether oxygens (including phenoxy) is 1. The van der Waals surface area contributed by atoms with Gasteiger partial charge in [0.2, 0.25) is 0 Å². The van der Waals surface area contributed by atoms with Crippen LogP contribution in [0.1, 0.15) is 71.6 Å². The van der Waals surface area contributed by atoms with Gasteiger partial charge < -0.3 is 4.74 Å². The molecule has 2 aliphatic rings. The van der Waals surface area contributed by atoms with Crippen LogP contribution in [0.15, 0.2) is 0 Å². The van der Waals surface area contributed by atoms with E-state index in [1.54, 1.807) is 0 Å². The van der Waals surface area contributed by atoms with Crippen LogP contribution < -0.4 is 0 Å². The van der Waals surface area contributed by atoms with E-state index < -0.39 is 0 Å². The van der Waals surface area contributed by atoms with Gasteiger partial charge in [-0.25, -0.2) is 0 Å². The number of hydrogen-bond acceptors (Lipinski definition) is 2. The van der Waals surface area contributed by atoms with Crippen molar-refractivity contribution in [3.63, 3.8) is 0 Å². The zero-order valence-electron chi connectivity index (χ0n) is 12.0. The Morgan fingerprint density at radius 2 is 2.06 bits per heavy atom. The van der Waals surface area contributed by atoms with Gasteiger partial charge in [-0.3, -0.25) is 4.79 Å². The van der Waals surface area contributed by atoms with Crippen molar-refractivity contribution < 1.29 is 9.53 Å². The number of ketones is 1. The Morgan fingerprint density at radius 3 is 2.72 bits per heavy atom. The van der Waals surface area contributed by atoms with Crippen molar-refractivity contribution in [1.82, 2.24) is 0 Å². The van der Waals surface area contributed by atoms with Crippen molar-refractivity contribution in [2.24, 2.45) is 11.8 Å². The van der Waals surface area contributed by atoms with Crippen molar-refractivity contribution in [3.8, 4) is 0 Å². The molecule has 1 spiro atoms. The first-order valence-electron chi connectivity index (χ1n) is 7.84. The molecule has 1 aliphatic heterocycles. The fraction of sp³-hybridized carbons (Fsp3) is 0.938. The molecule has 0 aromatic rings. The van der Waals surface area contributed by atoms with Crippen molar-refractivity contribution in [1.29, 1.82) is 0 Å². The first kappa shape index (κ1) is 14.0. The summed E-state index contributed by atoms with van der Waals surface area (Å²) in [5, 5.41) is 0. The smallest absolute Gasteiger partial charge is 0.138 e. The number of Topliss-reactive ketones (excluding diaryl/α,β-unsaturated/α-hetero) is 1. The second-order valence-corrected chi connectivity index (χ2v) is 6.37. The molecule has 1 saturated heterocycles. The minimum absolute atomic E-state index is 0.0722. The van der Waals surface area contributed by atoms with Gasteiger partial charge in [0.25, 0.3) is 0 Å². The van der Waals surface area contributed by atoms with Gasteiger partial charge in [-0.2, -0.15) is 0 Å². The molecule has 0 bridgehead atoms. The van der Waals surface area contributed by atoms with E-state index in [4.69, 9.17) is 4.74 Å². The Bertz CT molecular complexity index is 273. The standard InChI is InChI=1S/C16H28O2/c1-3-7-13(2)15(17)14-8-11-18-16(12-14)9-5-4-6-10-16/h13-14H,3-12H2,1-2H3. The number of rotatable bonds is 4. The third-order valence-corrected chi connectivity index (χ3v) is 4.87. The molecule has 0 aromatic heterocycles. The molecule has 2 nitrogen and oxygen atoms in total. The van der Waals surface area contributed by atoms with Gasteiger partial charge in [0.05, 0.1) is 5.60 Å². The number of hydrogen-bond donors (Lipinski definition) is 0. The summed E-state index contributed by atoms with van der Waals surface area (Å²) in [7, 11) is 0. The summed E-state index contributed by atoms with van der Waals surface area (Å²) in [6.07, 6.45) is 10.4. The summed E-state index contributed by atoms with van der Waals surface area (Å²) in [4.78, 5) is 12.5. The van der Waals surface area contributed by atoms with Gasteiger partial charge in [-0.1, -0.05) is 39.5 Å². The van der Waals surface area contributed by atoms with E-state index in [1.807, 2.05) is 0 Å². The molecule has 0 aromatic carbocycles. The molecule has 18 heavy (non-hydrogen) atoms. The monoisotopic (exact) mass is 252 g/mol. The van der Waals surface area contributed by atoms with E-state index in [2.05, 4.69) is 13.8 Å². The fourth-order valence-electron chi connectivity index (χ4n) is 3.79. The molecule has 104 valence electrons. The molecule has 2 fully saturated rings. The maximum absolute atomic E-state index is 12.5. The maximum Gasteiger partial charge on any atom is 0.138 e. The van der Waals surface area contributed by atoms with Gasteiger partial charge in [-0.05, 0) is 32.1 Å². The quantitative estimate of drug-likeness (QED) is 0.752. The van der Waals surface area contributed by atoms with E-state index in [0.717, 1.165) is 32.3 Å². The SMILES string of the molecule is CCCC(C)C(=O)C1CCOC2(CCCCC2)C1. The normalized spacial score (nSPS) is 29.1. The molecular formula is C16H28O2. The first-order valence-corrected chi connectivity index (χ1v) is 7.84. The lowest BCUT2D eigenvalue weighted by atomic mass is 9.73. The molecule has 2 rings (SSSR count). The third-order valence-electron chi connectivity index (χ3n) is 4.87. The van der Waals surface area contributed by atoms with Crippen LogP contribution in [0.4, 0.5) is 0 Å². The minimum atomic E-state index is 0.0722. The highest BCUT2D eigenvalue weighted by Gasteiger charge is 2.41. The predicted octanol–water partition coefficient (Wildman–Crippen LogP) is 4.12. The molecule has 2 heteroatoms. The lowest BCUT2D eigenvalue weighted by Gasteiger charge is -2.43. The summed E-state index contributed by atoms with van der Waals surface area (Å²) in [6.45, 7) is 5.07. The van der Waals surface area contributed by atoms with Crippen LogP contribution in [-0.2, 0) is 9.53 Å². The zero-order valence-corrected chi connectivity index (χ0v) is 12.0. The lowest BCUT2D eigenvalue weighted by molar-refractivity contribution is -0.145. The summed E-state index contributed by atoms with van der Waals surface area (Å²) < 4.78 is 6.07. The maximum atomic E-state index is 12.5. The Labute approximate surface area is 111 Å². The summed E-state index contributed by atoms with van der Waals surface area (Å²) in [5.41, 5.74) is 0.0722. The Balaban J connectivity index is 1.95. The van der Waals surface area contributed by atoms with Gasteiger partial charge in [-0.15, -0.1) is 0 Å². The molecule has 0 N–H and O–H groups in total. The van der Waals surface area contributed by atoms with E-state index in [9.17, 15) is 4.79 Å². The van der Waals surface area contributed by atoms with Crippen molar-refractivity contribution >= 4 is 5.78 Å². The van der Waals surface area contributed by atoms with E-state index in [-0.39, 0.29) is 17.4 Å². The highest BCUT2D eigenvalue weighted by atomic mass is 16.5. The molecule has 1 heterocycles. The van der Waals surface area contributed by atoms with E-state index >= 15 is 0 Å². The Hall–Kier alpha value is -0.370. The molecule has 0 radical (unpaired) electrons. The summed E-state index contributed by atoms with van der Waals surface area (Å²) in [5.74, 6) is 1.03. The summed E-state index contributed by atoms with van der Waals surface area (Å²) in [6, 6.07) is 0. The molecule has 2 atom stereocenters. The average Bonchev–Trinajstić information content (AvgIpc) is 2.39.